The van der Waals surface area contributed by atoms with Gasteiger partial charge in [-0.3, -0.25) is 19.1 Å². The second-order valence-electron chi connectivity index (χ2n) is 6.47. The number of pyridine rings is 1. The van der Waals surface area contributed by atoms with Gasteiger partial charge in [-0.15, -0.1) is 0 Å². The highest BCUT2D eigenvalue weighted by Gasteiger charge is 2.21. The van der Waals surface area contributed by atoms with Gasteiger partial charge in [-0.2, -0.15) is 0 Å². The Labute approximate surface area is 145 Å². The molecule has 0 aliphatic carbocycles. The molecule has 136 valence electrons. The Morgan fingerprint density at radius 2 is 2.04 bits per heavy atom. The van der Waals surface area contributed by atoms with Crippen LogP contribution < -0.4 is 22.3 Å². The van der Waals surface area contributed by atoms with Crippen LogP contribution in [0, 0.1) is 0 Å². The maximum Gasteiger partial charge on any atom is 0.329 e. The van der Waals surface area contributed by atoms with Gasteiger partial charge in [-0.25, -0.2) is 9.78 Å². The highest BCUT2D eigenvalue weighted by Crippen LogP contribution is 2.20. The van der Waals surface area contributed by atoms with Crippen LogP contribution in [-0.2, 0) is 6.54 Å². The highest BCUT2D eigenvalue weighted by molar-refractivity contribution is 6.05. The molecule has 0 bridgehead atoms. The van der Waals surface area contributed by atoms with Crippen molar-refractivity contribution >= 4 is 16.9 Å². The summed E-state index contributed by atoms with van der Waals surface area (Å²) < 4.78 is 1.41. The van der Waals surface area contributed by atoms with Crippen LogP contribution in [0.15, 0.2) is 15.7 Å². The van der Waals surface area contributed by atoms with E-state index in [0.29, 0.717) is 18.7 Å². The fraction of sp³-hybridized carbons (Fsp3) is 0.529. The summed E-state index contributed by atoms with van der Waals surface area (Å²) in [5, 5.41) is 2.89. The molecule has 0 spiro atoms. The SMILES string of the molecule is CCCn1c(=O)[nH]c(=O)c2c(C(=O)N[C@@H](C)CN)cc(C(C)C)nc21. The fourth-order valence-corrected chi connectivity index (χ4v) is 2.56. The predicted octanol–water partition coefficient (Wildman–Crippen LogP) is 0.695. The molecule has 0 aliphatic rings. The number of nitrogens with zero attached hydrogens (tertiary/aromatic N) is 2. The first-order valence-electron chi connectivity index (χ1n) is 8.48. The molecule has 2 aromatic heterocycles. The van der Waals surface area contributed by atoms with Crippen LogP contribution in [0.2, 0.25) is 0 Å². The third kappa shape index (κ3) is 3.79. The summed E-state index contributed by atoms with van der Waals surface area (Å²) in [4.78, 5) is 44.0. The Morgan fingerprint density at radius 1 is 1.36 bits per heavy atom. The molecule has 1 atom stereocenters. The number of H-pyrrole nitrogens is 1. The number of nitrogens with two attached hydrogens (primary N) is 1. The quantitative estimate of drug-likeness (QED) is 0.709. The molecule has 8 nitrogen and oxygen atoms in total. The van der Waals surface area contributed by atoms with Crippen molar-refractivity contribution in [2.24, 2.45) is 5.73 Å². The Bertz CT molecular complexity index is 898. The molecule has 0 aromatic carbocycles. The second-order valence-corrected chi connectivity index (χ2v) is 6.47. The van der Waals surface area contributed by atoms with Crippen LogP contribution in [0.1, 0.15) is 56.1 Å². The van der Waals surface area contributed by atoms with E-state index in [0.717, 1.165) is 0 Å². The summed E-state index contributed by atoms with van der Waals surface area (Å²) in [7, 11) is 0. The molecule has 2 aromatic rings. The average Bonchev–Trinajstić information content (AvgIpc) is 2.56. The van der Waals surface area contributed by atoms with Gasteiger partial charge in [0.25, 0.3) is 11.5 Å². The van der Waals surface area contributed by atoms with Gasteiger partial charge in [-0.05, 0) is 25.3 Å². The van der Waals surface area contributed by atoms with Crippen LogP contribution in [0.25, 0.3) is 11.0 Å². The van der Waals surface area contributed by atoms with Gasteiger partial charge in [0.05, 0.1) is 10.9 Å². The van der Waals surface area contributed by atoms with Crippen LogP contribution in [-0.4, -0.2) is 33.0 Å². The number of fused-ring (bicyclic) bond motifs is 1. The molecular formula is C17H25N5O3. The van der Waals surface area contributed by atoms with Gasteiger partial charge in [0.2, 0.25) is 0 Å². The zero-order chi connectivity index (χ0) is 18.7. The smallest absolute Gasteiger partial charge is 0.329 e. The summed E-state index contributed by atoms with van der Waals surface area (Å²) in [6, 6.07) is 1.38. The van der Waals surface area contributed by atoms with E-state index in [2.05, 4.69) is 15.3 Å². The molecule has 0 radical (unpaired) electrons. The molecule has 0 fully saturated rings. The van der Waals surface area contributed by atoms with Gasteiger partial charge >= 0.3 is 5.69 Å². The van der Waals surface area contributed by atoms with Gasteiger partial charge in [-0.1, -0.05) is 20.8 Å². The minimum Gasteiger partial charge on any atom is -0.348 e. The van der Waals surface area contributed by atoms with Gasteiger partial charge < -0.3 is 11.1 Å². The van der Waals surface area contributed by atoms with Gasteiger partial charge in [0.1, 0.15) is 0 Å². The molecule has 25 heavy (non-hydrogen) atoms. The van der Waals surface area contributed by atoms with E-state index in [-0.39, 0.29) is 35.1 Å². The number of hydrogen-bond acceptors (Lipinski definition) is 5. The van der Waals surface area contributed by atoms with E-state index < -0.39 is 17.2 Å². The van der Waals surface area contributed by atoms with Crippen LogP contribution >= 0.6 is 0 Å². The van der Waals surface area contributed by atoms with Gasteiger partial charge in [0.15, 0.2) is 5.65 Å². The number of carbonyl (C=O) groups is 1. The van der Waals surface area contributed by atoms with Crippen LogP contribution in [0.5, 0.6) is 0 Å². The van der Waals surface area contributed by atoms with Crippen molar-refractivity contribution < 1.29 is 4.79 Å². The first kappa shape index (κ1) is 18.9. The maximum atomic E-state index is 12.7. The largest absolute Gasteiger partial charge is 0.348 e. The lowest BCUT2D eigenvalue weighted by Gasteiger charge is -2.16. The third-order valence-corrected chi connectivity index (χ3v) is 3.98. The van der Waals surface area contributed by atoms with Crippen molar-refractivity contribution in [3.8, 4) is 0 Å². The number of amides is 1. The normalized spacial score (nSPS) is 12.6. The predicted molar refractivity (Wildman–Crippen MR) is 97.0 cm³/mol. The minimum absolute atomic E-state index is 0.0346. The van der Waals surface area contributed by atoms with E-state index in [1.807, 2.05) is 20.8 Å². The standard InChI is InChI=1S/C17H25N5O3/c1-5-6-22-14-13(16(24)21-17(22)25)11(7-12(20-14)9(2)3)15(23)19-10(4)8-18/h7,9-10H,5-6,8,18H2,1-4H3,(H,19,23)(H,21,24,25)/t10-/m0/s1. The lowest BCUT2D eigenvalue weighted by Crippen LogP contribution is -2.39. The first-order chi connectivity index (χ1) is 11.8. The minimum atomic E-state index is -0.610. The van der Waals surface area contributed by atoms with E-state index >= 15 is 0 Å². The number of aromatic amines is 1. The molecule has 4 N–H and O–H groups in total. The number of aryl methyl sites for hydroxylation is 1. The number of carbonyl (C=O) groups excluding carboxylic acids is 1. The summed E-state index contributed by atoms with van der Waals surface area (Å²) in [5.74, 6) is -0.369. The Morgan fingerprint density at radius 3 is 2.60 bits per heavy atom. The lowest BCUT2D eigenvalue weighted by atomic mass is 10.0. The Kier molecular flexibility index (Phi) is 5.73. The second kappa shape index (κ2) is 7.60. The first-order valence-corrected chi connectivity index (χ1v) is 8.48. The van der Waals surface area contributed by atoms with Crippen LogP contribution in [0.4, 0.5) is 0 Å². The molecule has 8 heteroatoms. The van der Waals surface area contributed by atoms with Crippen molar-refractivity contribution in [1.29, 1.82) is 0 Å². The zero-order valence-electron chi connectivity index (χ0n) is 15.0. The third-order valence-electron chi connectivity index (χ3n) is 3.98. The Hall–Kier alpha value is -2.48. The highest BCUT2D eigenvalue weighted by atomic mass is 16.2. The molecule has 2 heterocycles. The molecule has 2 rings (SSSR count). The number of aromatic nitrogens is 3. The number of hydrogen-bond donors (Lipinski definition) is 3. The summed E-state index contributed by atoms with van der Waals surface area (Å²) in [6.45, 7) is 8.26. The molecule has 0 saturated carbocycles. The van der Waals surface area contributed by atoms with Crippen molar-refractivity contribution in [2.75, 3.05) is 6.54 Å². The van der Waals surface area contributed by atoms with Crippen molar-refractivity contribution in [3.63, 3.8) is 0 Å². The molecule has 0 unspecified atom stereocenters. The van der Waals surface area contributed by atoms with E-state index in [4.69, 9.17) is 5.73 Å². The topological polar surface area (TPSA) is 123 Å². The number of nitrogens with one attached hydrogen (secondary N) is 2. The van der Waals surface area contributed by atoms with E-state index in [9.17, 15) is 14.4 Å². The lowest BCUT2D eigenvalue weighted by molar-refractivity contribution is 0.0942. The Balaban J connectivity index is 2.84. The van der Waals surface area contributed by atoms with Crippen LogP contribution in [0.3, 0.4) is 0 Å². The monoisotopic (exact) mass is 347 g/mol. The zero-order valence-corrected chi connectivity index (χ0v) is 15.0. The summed E-state index contributed by atoms with van der Waals surface area (Å²) in [5.41, 5.74) is 5.53. The van der Waals surface area contributed by atoms with E-state index in [1.54, 1.807) is 13.0 Å². The number of rotatable bonds is 6. The van der Waals surface area contributed by atoms with Gasteiger partial charge in [0, 0.05) is 24.8 Å². The van der Waals surface area contributed by atoms with E-state index in [1.165, 1.54) is 4.57 Å². The average molecular weight is 347 g/mol. The maximum absolute atomic E-state index is 12.7. The summed E-state index contributed by atoms with van der Waals surface area (Å²) in [6.07, 6.45) is 0.695. The molecule has 0 saturated heterocycles. The van der Waals surface area contributed by atoms with Crippen molar-refractivity contribution in [3.05, 3.63) is 38.2 Å². The summed E-state index contributed by atoms with van der Waals surface area (Å²) >= 11 is 0. The molecule has 0 aliphatic heterocycles. The van der Waals surface area contributed by atoms with Crippen molar-refractivity contribution in [2.45, 2.75) is 52.6 Å². The molecule has 1 amide bonds. The fourth-order valence-electron chi connectivity index (χ4n) is 2.56. The van der Waals surface area contributed by atoms with Crippen molar-refractivity contribution in [1.82, 2.24) is 19.9 Å². The molecular weight excluding hydrogens is 322 g/mol.